The molecule has 1 heterocycles. The predicted octanol–water partition coefficient (Wildman–Crippen LogP) is 4.92. The Bertz CT molecular complexity index is 781. The maximum Gasteiger partial charge on any atom is 0.244 e. The van der Waals surface area contributed by atoms with Gasteiger partial charge in [-0.2, -0.15) is 0 Å². The van der Waals surface area contributed by atoms with Crippen LogP contribution in [0.3, 0.4) is 0 Å². The number of benzene rings is 2. The normalized spacial score (nSPS) is 14.8. The highest BCUT2D eigenvalue weighted by molar-refractivity contribution is 6.35. The highest BCUT2D eigenvalue weighted by Crippen LogP contribution is 2.21. The molecule has 1 amide bonds. The van der Waals surface area contributed by atoms with Crippen LogP contribution in [0, 0.1) is 0 Å². The van der Waals surface area contributed by atoms with E-state index in [0.29, 0.717) is 16.6 Å². The molecule has 2 aromatic carbocycles. The molecule has 0 spiro atoms. The second kappa shape index (κ2) is 9.22. The van der Waals surface area contributed by atoms with Crippen molar-refractivity contribution in [2.75, 3.05) is 13.1 Å². The summed E-state index contributed by atoms with van der Waals surface area (Å²) in [5.41, 5.74) is 3.16. The van der Waals surface area contributed by atoms with Crippen LogP contribution in [0.5, 0.6) is 0 Å². The van der Waals surface area contributed by atoms with Crippen LogP contribution >= 0.6 is 23.2 Å². The van der Waals surface area contributed by atoms with Crippen LogP contribution in [0.2, 0.25) is 10.0 Å². The minimum Gasteiger partial charge on any atom is -0.348 e. The molecule has 0 radical (unpaired) electrons. The van der Waals surface area contributed by atoms with Crippen LogP contribution in [0.15, 0.2) is 48.5 Å². The highest BCUT2D eigenvalue weighted by Gasteiger charge is 2.11. The monoisotopic (exact) mass is 388 g/mol. The largest absolute Gasteiger partial charge is 0.348 e. The Morgan fingerprint density at radius 2 is 1.73 bits per heavy atom. The van der Waals surface area contributed by atoms with E-state index in [1.165, 1.54) is 37.6 Å². The summed E-state index contributed by atoms with van der Waals surface area (Å²) in [6.07, 6.45) is 5.78. The second-order valence-electron chi connectivity index (χ2n) is 6.52. The zero-order valence-electron chi connectivity index (χ0n) is 14.6. The van der Waals surface area contributed by atoms with Crippen LogP contribution < -0.4 is 5.32 Å². The lowest BCUT2D eigenvalue weighted by Gasteiger charge is -2.14. The molecule has 0 bridgehead atoms. The Kier molecular flexibility index (Phi) is 6.73. The zero-order valence-corrected chi connectivity index (χ0v) is 16.1. The number of hydrogen-bond acceptors (Lipinski definition) is 2. The lowest BCUT2D eigenvalue weighted by atomic mass is 10.1. The average Bonchev–Trinajstić information content (AvgIpc) is 3.13. The van der Waals surface area contributed by atoms with Crippen molar-refractivity contribution in [3.8, 4) is 0 Å². The number of nitrogens with one attached hydrogen (secondary N) is 1. The van der Waals surface area contributed by atoms with Gasteiger partial charge in [0.05, 0.1) is 0 Å². The van der Waals surface area contributed by atoms with Crippen molar-refractivity contribution < 1.29 is 4.79 Å². The molecule has 0 unspecified atom stereocenters. The van der Waals surface area contributed by atoms with Crippen molar-refractivity contribution in [2.24, 2.45) is 0 Å². The summed E-state index contributed by atoms with van der Waals surface area (Å²) in [7, 11) is 0. The van der Waals surface area contributed by atoms with E-state index in [1.807, 2.05) is 0 Å². The van der Waals surface area contributed by atoms with Gasteiger partial charge < -0.3 is 5.32 Å². The topological polar surface area (TPSA) is 32.3 Å². The predicted molar refractivity (Wildman–Crippen MR) is 108 cm³/mol. The zero-order chi connectivity index (χ0) is 18.4. The number of carbonyl (C=O) groups is 1. The lowest BCUT2D eigenvalue weighted by molar-refractivity contribution is -0.116. The Morgan fingerprint density at radius 1 is 1.04 bits per heavy atom. The van der Waals surface area contributed by atoms with Gasteiger partial charge in [0.2, 0.25) is 5.91 Å². The van der Waals surface area contributed by atoms with E-state index in [2.05, 4.69) is 34.5 Å². The summed E-state index contributed by atoms with van der Waals surface area (Å²) in [6, 6.07) is 13.6. The van der Waals surface area contributed by atoms with E-state index in [4.69, 9.17) is 23.2 Å². The fourth-order valence-electron chi connectivity index (χ4n) is 3.01. The standard InChI is InChI=1S/C21H22Cl2N2O/c22-19-9-7-18(20(23)13-19)8-10-21(26)24-14-16-3-5-17(6-4-16)15-25-11-1-2-12-25/h3-10,13H,1-2,11-12,14-15H2,(H,24,26)/b10-8+. The van der Waals surface area contributed by atoms with Gasteiger partial charge in [-0.25, -0.2) is 0 Å². The number of carbonyl (C=O) groups excluding carboxylic acids is 1. The van der Waals surface area contributed by atoms with Crippen LogP contribution in [0.25, 0.3) is 6.08 Å². The maximum atomic E-state index is 12.0. The average molecular weight is 389 g/mol. The van der Waals surface area contributed by atoms with E-state index in [9.17, 15) is 4.79 Å². The van der Waals surface area contributed by atoms with E-state index < -0.39 is 0 Å². The van der Waals surface area contributed by atoms with Crippen molar-refractivity contribution in [1.82, 2.24) is 10.2 Å². The minimum absolute atomic E-state index is 0.155. The Morgan fingerprint density at radius 3 is 2.42 bits per heavy atom. The van der Waals surface area contributed by atoms with E-state index in [1.54, 1.807) is 24.3 Å². The van der Waals surface area contributed by atoms with Gasteiger partial charge in [-0.3, -0.25) is 9.69 Å². The maximum absolute atomic E-state index is 12.0. The van der Waals surface area contributed by atoms with Crippen molar-refractivity contribution in [2.45, 2.75) is 25.9 Å². The van der Waals surface area contributed by atoms with Crippen molar-refractivity contribution >= 4 is 35.2 Å². The molecule has 1 aliphatic rings. The summed E-state index contributed by atoms with van der Waals surface area (Å²) in [5, 5.41) is 3.98. The van der Waals surface area contributed by atoms with Crippen LogP contribution in [0.4, 0.5) is 0 Å². The van der Waals surface area contributed by atoms with Gasteiger partial charge in [0, 0.05) is 29.2 Å². The number of likely N-dealkylation sites (tertiary alicyclic amines) is 1. The third kappa shape index (κ3) is 5.60. The van der Waals surface area contributed by atoms with Crippen molar-refractivity contribution in [3.05, 3.63) is 75.3 Å². The SMILES string of the molecule is O=C(/C=C/c1ccc(Cl)cc1Cl)NCc1ccc(CN2CCCC2)cc1. The molecule has 3 nitrogen and oxygen atoms in total. The van der Waals surface area contributed by atoms with Crippen LogP contribution in [-0.2, 0) is 17.9 Å². The number of halogens is 2. The molecule has 136 valence electrons. The van der Waals surface area contributed by atoms with Gasteiger partial charge in [0.1, 0.15) is 0 Å². The smallest absolute Gasteiger partial charge is 0.244 e. The molecule has 1 N–H and O–H groups in total. The second-order valence-corrected chi connectivity index (χ2v) is 7.36. The lowest BCUT2D eigenvalue weighted by Crippen LogP contribution is -2.20. The van der Waals surface area contributed by atoms with Gasteiger partial charge in [-0.1, -0.05) is 53.5 Å². The summed E-state index contributed by atoms with van der Waals surface area (Å²) < 4.78 is 0. The highest BCUT2D eigenvalue weighted by atomic mass is 35.5. The molecule has 1 fully saturated rings. The first-order chi connectivity index (χ1) is 12.6. The molecule has 2 aromatic rings. The van der Waals surface area contributed by atoms with Crippen molar-refractivity contribution in [1.29, 1.82) is 0 Å². The summed E-state index contributed by atoms with van der Waals surface area (Å²) in [5.74, 6) is -0.155. The third-order valence-electron chi connectivity index (χ3n) is 4.47. The van der Waals surface area contributed by atoms with Gasteiger partial charge in [0.25, 0.3) is 0 Å². The summed E-state index contributed by atoms with van der Waals surface area (Å²) in [4.78, 5) is 14.5. The Balaban J connectivity index is 1.48. The first-order valence-corrected chi connectivity index (χ1v) is 9.57. The molecule has 3 rings (SSSR count). The van der Waals surface area contributed by atoms with E-state index in [0.717, 1.165) is 17.7 Å². The molecular formula is C21H22Cl2N2O. The fourth-order valence-corrected chi connectivity index (χ4v) is 3.48. The molecule has 5 heteroatoms. The number of nitrogens with zero attached hydrogens (tertiary/aromatic N) is 1. The molecule has 0 atom stereocenters. The third-order valence-corrected chi connectivity index (χ3v) is 5.03. The number of hydrogen-bond donors (Lipinski definition) is 1. The summed E-state index contributed by atoms with van der Waals surface area (Å²) >= 11 is 12.0. The quantitative estimate of drug-likeness (QED) is 0.712. The first kappa shape index (κ1) is 19.0. The van der Waals surface area contributed by atoms with E-state index in [-0.39, 0.29) is 5.91 Å². The molecule has 0 aromatic heterocycles. The van der Waals surface area contributed by atoms with Gasteiger partial charge in [0.15, 0.2) is 0 Å². The molecule has 1 saturated heterocycles. The van der Waals surface area contributed by atoms with Gasteiger partial charge in [-0.15, -0.1) is 0 Å². The van der Waals surface area contributed by atoms with Crippen LogP contribution in [-0.4, -0.2) is 23.9 Å². The Labute approximate surface area is 164 Å². The van der Waals surface area contributed by atoms with Gasteiger partial charge >= 0.3 is 0 Å². The minimum atomic E-state index is -0.155. The van der Waals surface area contributed by atoms with Crippen molar-refractivity contribution in [3.63, 3.8) is 0 Å². The first-order valence-electron chi connectivity index (χ1n) is 8.81. The van der Waals surface area contributed by atoms with Gasteiger partial charge in [-0.05, 0) is 60.8 Å². The molecule has 26 heavy (non-hydrogen) atoms. The molecule has 0 saturated carbocycles. The Hall–Kier alpha value is -1.81. The summed E-state index contributed by atoms with van der Waals surface area (Å²) in [6.45, 7) is 3.91. The molecule has 0 aliphatic carbocycles. The van der Waals surface area contributed by atoms with E-state index >= 15 is 0 Å². The fraction of sp³-hybridized carbons (Fsp3) is 0.286. The molecule has 1 aliphatic heterocycles. The molecular weight excluding hydrogens is 367 g/mol. The van der Waals surface area contributed by atoms with Crippen LogP contribution in [0.1, 0.15) is 29.5 Å². The number of amides is 1. The number of rotatable bonds is 6.